The van der Waals surface area contributed by atoms with Crippen LogP contribution in [0.4, 0.5) is 0 Å². The van der Waals surface area contributed by atoms with Crippen LogP contribution in [-0.4, -0.2) is 47.8 Å². The monoisotopic (exact) mass is 379 g/mol. The summed E-state index contributed by atoms with van der Waals surface area (Å²) in [6.07, 6.45) is 0.190. The molecule has 0 radical (unpaired) electrons. The molecule has 0 unspecified atom stereocenters. The van der Waals surface area contributed by atoms with Crippen molar-refractivity contribution in [3.05, 3.63) is 23.3 Å². The maximum atomic E-state index is 12.3. The number of hydrogen-bond donors (Lipinski definition) is 3. The summed E-state index contributed by atoms with van der Waals surface area (Å²) < 4.78 is 15.1. The lowest BCUT2D eigenvalue weighted by Gasteiger charge is -2.29. The van der Waals surface area contributed by atoms with E-state index < -0.39 is 43.0 Å². The van der Waals surface area contributed by atoms with Crippen LogP contribution in [0.25, 0.3) is 0 Å². The number of hydrogen-bond acceptors (Lipinski definition) is 8. The van der Waals surface area contributed by atoms with Gasteiger partial charge in [-0.3, -0.25) is 9.59 Å². The van der Waals surface area contributed by atoms with Crippen molar-refractivity contribution in [3.63, 3.8) is 0 Å². The maximum absolute atomic E-state index is 12.3. The third-order valence-corrected chi connectivity index (χ3v) is 3.83. The Balaban J connectivity index is 2.15. The Morgan fingerprint density at radius 2 is 1.96 bits per heavy atom. The van der Waals surface area contributed by atoms with Gasteiger partial charge in [-0.15, -0.1) is 0 Å². The summed E-state index contributed by atoms with van der Waals surface area (Å²) in [5.74, 6) is -3.03. The Labute approximate surface area is 156 Å². The van der Waals surface area contributed by atoms with E-state index in [4.69, 9.17) is 14.1 Å². The summed E-state index contributed by atoms with van der Waals surface area (Å²) in [5.41, 5.74) is -0.554. The van der Waals surface area contributed by atoms with Gasteiger partial charge in [-0.1, -0.05) is 6.07 Å². The van der Waals surface area contributed by atoms with Crippen LogP contribution in [0.5, 0.6) is 11.5 Å². The number of carbonyl (C=O) groups is 3. The molecule has 0 aromatic heterocycles. The highest BCUT2D eigenvalue weighted by Gasteiger charge is 2.38. The third kappa shape index (κ3) is 4.91. The molecule has 10 heteroatoms. The Morgan fingerprint density at radius 3 is 2.56 bits per heavy atom. The molecule has 1 aliphatic heterocycles. The van der Waals surface area contributed by atoms with Crippen LogP contribution in [-0.2, 0) is 25.5 Å². The van der Waals surface area contributed by atoms with Crippen molar-refractivity contribution in [3.8, 4) is 11.5 Å². The zero-order chi connectivity index (χ0) is 20.4. The van der Waals surface area contributed by atoms with E-state index in [9.17, 15) is 24.5 Å². The van der Waals surface area contributed by atoms with Gasteiger partial charge in [0.1, 0.15) is 17.1 Å². The molecule has 2 rings (SSSR count). The smallest absolute Gasteiger partial charge is 0.534 e. The molecule has 1 heterocycles. The zero-order valence-electron chi connectivity index (χ0n) is 15.6. The lowest BCUT2D eigenvalue weighted by atomic mass is 9.72. The summed E-state index contributed by atoms with van der Waals surface area (Å²) in [6.45, 7) is 5.63. The fraction of sp³-hybridized carbons (Fsp3) is 0.471. The first-order valence-corrected chi connectivity index (χ1v) is 8.31. The summed E-state index contributed by atoms with van der Waals surface area (Å²) in [4.78, 5) is 35.2. The minimum absolute atomic E-state index is 0.0451. The first-order valence-electron chi connectivity index (χ1n) is 8.31. The first-order chi connectivity index (χ1) is 12.5. The number of amides is 1. The summed E-state index contributed by atoms with van der Waals surface area (Å²) in [5, 5.41) is 22.6. The van der Waals surface area contributed by atoms with E-state index in [0.717, 1.165) is 0 Å². The van der Waals surface area contributed by atoms with E-state index in [2.05, 4.69) is 5.32 Å². The van der Waals surface area contributed by atoms with E-state index in [-0.39, 0.29) is 23.6 Å². The summed E-state index contributed by atoms with van der Waals surface area (Å²) in [6, 6.07) is 2.80. The molecule has 9 nitrogen and oxygen atoms in total. The predicted molar refractivity (Wildman–Crippen MR) is 93.8 cm³/mol. The van der Waals surface area contributed by atoms with Crippen molar-refractivity contribution in [2.75, 3.05) is 6.79 Å². The molecule has 1 atom stereocenters. The van der Waals surface area contributed by atoms with E-state index >= 15 is 0 Å². The number of phenols is 1. The topological polar surface area (TPSA) is 131 Å². The highest BCUT2D eigenvalue weighted by molar-refractivity contribution is 6.47. The van der Waals surface area contributed by atoms with Gasteiger partial charge in [-0.25, -0.2) is 4.79 Å². The number of esters is 2. The van der Waals surface area contributed by atoms with Crippen LogP contribution < -0.4 is 9.97 Å². The SMILES string of the molecule is CC(=O)N[C@H]1Cc2ccc(O)c(C(=O)OCOC(=O)C(C)(C)C)c2OB1O. The summed E-state index contributed by atoms with van der Waals surface area (Å²) >= 11 is 0. The van der Waals surface area contributed by atoms with Crippen LogP contribution >= 0.6 is 0 Å². The van der Waals surface area contributed by atoms with Crippen molar-refractivity contribution < 1.29 is 38.6 Å². The lowest BCUT2D eigenvalue weighted by molar-refractivity contribution is -0.161. The van der Waals surface area contributed by atoms with Crippen molar-refractivity contribution >= 4 is 25.0 Å². The molecule has 1 aromatic carbocycles. The van der Waals surface area contributed by atoms with Crippen LogP contribution in [0, 0.1) is 5.41 Å². The molecule has 1 aromatic rings. The second-order valence-corrected chi connectivity index (χ2v) is 7.20. The standard InChI is InChI=1S/C17H22BNO8/c1-9(20)19-12-7-10-5-6-11(21)13(14(10)27-18(12)24)15(22)25-8-26-16(23)17(2,3)4/h5-6,12,21,24H,7-8H2,1-4H3,(H,19,20)/t12-/m0/s1. The Kier molecular flexibility index (Phi) is 5.99. The molecule has 0 aliphatic carbocycles. The molecule has 27 heavy (non-hydrogen) atoms. The molecule has 0 fully saturated rings. The van der Waals surface area contributed by atoms with Gasteiger partial charge in [0, 0.05) is 6.92 Å². The normalized spacial score (nSPS) is 16.0. The van der Waals surface area contributed by atoms with E-state index in [0.29, 0.717) is 5.56 Å². The molecule has 1 aliphatic rings. The third-order valence-electron chi connectivity index (χ3n) is 3.83. The highest BCUT2D eigenvalue weighted by atomic mass is 16.7. The van der Waals surface area contributed by atoms with Crippen LogP contribution in [0.1, 0.15) is 43.6 Å². The van der Waals surface area contributed by atoms with Crippen molar-refractivity contribution in [2.24, 2.45) is 5.41 Å². The quantitative estimate of drug-likeness (QED) is 0.393. The van der Waals surface area contributed by atoms with Gasteiger partial charge < -0.3 is 29.6 Å². The van der Waals surface area contributed by atoms with Crippen LogP contribution in [0.3, 0.4) is 0 Å². The number of nitrogens with one attached hydrogen (secondary N) is 1. The van der Waals surface area contributed by atoms with Crippen molar-refractivity contribution in [1.82, 2.24) is 5.32 Å². The Bertz CT molecular complexity index is 758. The minimum atomic E-state index is -1.41. The number of rotatable bonds is 4. The van der Waals surface area contributed by atoms with E-state index in [1.54, 1.807) is 20.8 Å². The highest BCUT2D eigenvalue weighted by Crippen LogP contribution is 2.36. The molecule has 1 amide bonds. The lowest BCUT2D eigenvalue weighted by Crippen LogP contribution is -2.52. The van der Waals surface area contributed by atoms with Gasteiger partial charge in [0.05, 0.1) is 11.4 Å². The van der Waals surface area contributed by atoms with Crippen molar-refractivity contribution in [2.45, 2.75) is 40.1 Å². The van der Waals surface area contributed by atoms with Gasteiger partial charge in [0.2, 0.25) is 12.7 Å². The van der Waals surface area contributed by atoms with E-state index in [1.165, 1.54) is 19.1 Å². The molecule has 0 bridgehead atoms. The second kappa shape index (κ2) is 7.87. The largest absolute Gasteiger partial charge is 0.547 e. The molecule has 0 spiro atoms. The number of phenolic OH excluding ortho intramolecular Hbond substituents is 1. The number of aromatic hydroxyl groups is 1. The molecule has 3 N–H and O–H groups in total. The Hall–Kier alpha value is -2.75. The fourth-order valence-electron chi connectivity index (χ4n) is 2.46. The zero-order valence-corrected chi connectivity index (χ0v) is 15.6. The molecule has 0 saturated heterocycles. The predicted octanol–water partition coefficient (Wildman–Crippen LogP) is 0.555. The number of benzene rings is 1. The van der Waals surface area contributed by atoms with Gasteiger partial charge in [0.15, 0.2) is 0 Å². The molecule has 0 saturated carbocycles. The van der Waals surface area contributed by atoms with E-state index in [1.807, 2.05) is 0 Å². The molecular formula is C17H22BNO8. The summed E-state index contributed by atoms with van der Waals surface area (Å²) in [7, 11) is -1.41. The van der Waals surface area contributed by atoms with Crippen LogP contribution in [0.2, 0.25) is 0 Å². The molecule has 146 valence electrons. The van der Waals surface area contributed by atoms with Crippen LogP contribution in [0.15, 0.2) is 12.1 Å². The van der Waals surface area contributed by atoms with Gasteiger partial charge in [-0.05, 0) is 38.8 Å². The van der Waals surface area contributed by atoms with Gasteiger partial charge in [-0.2, -0.15) is 0 Å². The van der Waals surface area contributed by atoms with Gasteiger partial charge >= 0.3 is 19.1 Å². The minimum Gasteiger partial charge on any atom is -0.534 e. The van der Waals surface area contributed by atoms with Gasteiger partial charge in [0.25, 0.3) is 0 Å². The number of ether oxygens (including phenoxy) is 2. The maximum Gasteiger partial charge on any atom is 0.547 e. The first kappa shape index (κ1) is 20.6. The second-order valence-electron chi connectivity index (χ2n) is 7.20. The average molecular weight is 379 g/mol. The van der Waals surface area contributed by atoms with Crippen molar-refractivity contribution in [1.29, 1.82) is 0 Å². The fourth-order valence-corrected chi connectivity index (χ4v) is 2.46. The Morgan fingerprint density at radius 1 is 1.30 bits per heavy atom. The number of fused-ring (bicyclic) bond motifs is 1. The molecular weight excluding hydrogens is 357 g/mol. The number of carbonyl (C=O) groups excluding carboxylic acids is 3. The average Bonchev–Trinajstić information content (AvgIpc) is 2.54.